The molecule has 6 heteroatoms. The van der Waals surface area contributed by atoms with Gasteiger partial charge in [0.1, 0.15) is 5.69 Å². The number of carbonyl (C=O) groups excluding carboxylic acids is 1. The lowest BCUT2D eigenvalue weighted by Crippen LogP contribution is -2.36. The fourth-order valence-corrected chi connectivity index (χ4v) is 4.26. The van der Waals surface area contributed by atoms with E-state index in [9.17, 15) is 4.79 Å². The summed E-state index contributed by atoms with van der Waals surface area (Å²) >= 11 is 1.47. The highest BCUT2D eigenvalue weighted by molar-refractivity contribution is 7.07. The SMILES string of the molecule is CN1CCN(C(=O)c2cscn2)C[C@@H](Cc2cncc3ccccc23)C1. The molecule has 5 nitrogen and oxygen atoms in total. The lowest BCUT2D eigenvalue weighted by atomic mass is 9.96. The number of hydrogen-bond donors (Lipinski definition) is 0. The number of rotatable bonds is 3. The summed E-state index contributed by atoms with van der Waals surface area (Å²) in [5.74, 6) is 0.417. The summed E-state index contributed by atoms with van der Waals surface area (Å²) in [5.41, 5.74) is 3.53. The number of amides is 1. The van der Waals surface area contributed by atoms with Crippen molar-refractivity contribution in [3.8, 4) is 0 Å². The lowest BCUT2D eigenvalue weighted by molar-refractivity contribution is 0.0741. The first-order valence-electron chi connectivity index (χ1n) is 8.88. The molecule has 3 heterocycles. The van der Waals surface area contributed by atoms with Crippen LogP contribution < -0.4 is 0 Å². The lowest BCUT2D eigenvalue weighted by Gasteiger charge is -2.24. The quantitative estimate of drug-likeness (QED) is 0.715. The number of thiazole rings is 1. The first-order valence-corrected chi connectivity index (χ1v) is 9.82. The smallest absolute Gasteiger partial charge is 0.273 e. The van der Waals surface area contributed by atoms with Crippen LogP contribution in [0.1, 0.15) is 16.1 Å². The van der Waals surface area contributed by atoms with Crippen molar-refractivity contribution >= 4 is 28.0 Å². The highest BCUT2D eigenvalue weighted by Crippen LogP contribution is 2.22. The van der Waals surface area contributed by atoms with E-state index in [-0.39, 0.29) is 5.91 Å². The van der Waals surface area contributed by atoms with Gasteiger partial charge in [-0.1, -0.05) is 24.3 Å². The van der Waals surface area contributed by atoms with E-state index < -0.39 is 0 Å². The molecule has 134 valence electrons. The number of carbonyl (C=O) groups is 1. The third-order valence-electron chi connectivity index (χ3n) is 5.00. The van der Waals surface area contributed by atoms with Gasteiger partial charge in [0, 0.05) is 49.3 Å². The zero-order chi connectivity index (χ0) is 17.9. The minimum Gasteiger partial charge on any atom is -0.336 e. The van der Waals surface area contributed by atoms with Crippen LogP contribution in [0.5, 0.6) is 0 Å². The summed E-state index contributed by atoms with van der Waals surface area (Å²) in [6.45, 7) is 3.37. The van der Waals surface area contributed by atoms with Gasteiger partial charge in [0.15, 0.2) is 0 Å². The van der Waals surface area contributed by atoms with Crippen LogP contribution in [0.15, 0.2) is 47.5 Å². The van der Waals surface area contributed by atoms with Gasteiger partial charge in [-0.3, -0.25) is 9.78 Å². The van der Waals surface area contributed by atoms with Crippen molar-refractivity contribution in [1.82, 2.24) is 19.8 Å². The zero-order valence-electron chi connectivity index (χ0n) is 14.8. The number of hydrogen-bond acceptors (Lipinski definition) is 5. The van der Waals surface area contributed by atoms with Crippen LogP contribution in [0.25, 0.3) is 10.8 Å². The molecule has 0 aliphatic carbocycles. The van der Waals surface area contributed by atoms with E-state index >= 15 is 0 Å². The number of nitrogens with zero attached hydrogens (tertiary/aromatic N) is 4. The zero-order valence-corrected chi connectivity index (χ0v) is 15.7. The van der Waals surface area contributed by atoms with E-state index in [1.165, 1.54) is 27.7 Å². The van der Waals surface area contributed by atoms with Crippen LogP contribution in [-0.4, -0.2) is 58.9 Å². The van der Waals surface area contributed by atoms with Crippen LogP contribution in [0, 0.1) is 5.92 Å². The maximum absolute atomic E-state index is 12.8. The van der Waals surface area contributed by atoms with Gasteiger partial charge in [-0.15, -0.1) is 11.3 Å². The molecule has 1 fully saturated rings. The molecule has 1 aliphatic rings. The van der Waals surface area contributed by atoms with E-state index in [1.54, 1.807) is 5.51 Å². The molecule has 0 radical (unpaired) electrons. The van der Waals surface area contributed by atoms with Gasteiger partial charge in [-0.25, -0.2) is 4.98 Å². The Morgan fingerprint density at radius 1 is 1.23 bits per heavy atom. The molecule has 0 spiro atoms. The molecule has 1 amide bonds. The maximum Gasteiger partial charge on any atom is 0.273 e. The highest BCUT2D eigenvalue weighted by Gasteiger charge is 2.26. The van der Waals surface area contributed by atoms with E-state index in [1.807, 2.05) is 28.7 Å². The minimum atomic E-state index is 0.0441. The standard InChI is InChI=1S/C20H22N4OS/c1-23-6-7-24(20(25)19-13-26-14-22-19)12-15(11-23)8-17-10-21-9-16-4-2-3-5-18(16)17/h2-5,9-10,13-15H,6-8,11-12H2,1H3/t15-/m0/s1. The molecule has 1 atom stereocenters. The maximum atomic E-state index is 12.8. The van der Waals surface area contributed by atoms with E-state index in [2.05, 4.69) is 40.1 Å². The van der Waals surface area contributed by atoms with Crippen molar-refractivity contribution in [2.75, 3.05) is 33.2 Å². The van der Waals surface area contributed by atoms with Gasteiger partial charge in [0.05, 0.1) is 5.51 Å². The van der Waals surface area contributed by atoms with Crippen LogP contribution in [0.3, 0.4) is 0 Å². The molecule has 1 aliphatic heterocycles. The van der Waals surface area contributed by atoms with E-state index in [0.29, 0.717) is 11.6 Å². The van der Waals surface area contributed by atoms with Gasteiger partial charge in [0.25, 0.3) is 5.91 Å². The summed E-state index contributed by atoms with van der Waals surface area (Å²) in [7, 11) is 2.13. The van der Waals surface area contributed by atoms with Gasteiger partial charge in [0.2, 0.25) is 0 Å². The molecule has 0 N–H and O–H groups in total. The molecular formula is C20H22N4OS. The summed E-state index contributed by atoms with van der Waals surface area (Å²) < 4.78 is 0. The number of pyridine rings is 1. The third-order valence-corrected chi connectivity index (χ3v) is 5.58. The van der Waals surface area contributed by atoms with Crippen molar-refractivity contribution in [3.05, 3.63) is 58.8 Å². The van der Waals surface area contributed by atoms with Gasteiger partial charge >= 0.3 is 0 Å². The Kier molecular flexibility index (Phi) is 4.95. The van der Waals surface area contributed by atoms with Gasteiger partial charge in [-0.05, 0) is 30.3 Å². The van der Waals surface area contributed by atoms with Crippen LogP contribution in [-0.2, 0) is 6.42 Å². The van der Waals surface area contributed by atoms with Crippen molar-refractivity contribution < 1.29 is 4.79 Å². The molecule has 0 bridgehead atoms. The topological polar surface area (TPSA) is 49.3 Å². The number of aromatic nitrogens is 2. The molecule has 4 rings (SSSR count). The fraction of sp³-hybridized carbons (Fsp3) is 0.350. The first kappa shape index (κ1) is 17.1. The minimum absolute atomic E-state index is 0.0441. The van der Waals surface area contributed by atoms with E-state index in [4.69, 9.17) is 0 Å². The molecular weight excluding hydrogens is 344 g/mol. The van der Waals surface area contributed by atoms with Crippen LogP contribution in [0.4, 0.5) is 0 Å². The molecule has 3 aromatic rings. The Balaban J connectivity index is 1.57. The molecule has 26 heavy (non-hydrogen) atoms. The molecule has 0 saturated carbocycles. The molecule has 1 saturated heterocycles. The normalized spacial score (nSPS) is 18.8. The predicted octanol–water partition coefficient (Wildman–Crippen LogP) is 2.94. The number of benzene rings is 1. The molecule has 2 aromatic heterocycles. The summed E-state index contributed by atoms with van der Waals surface area (Å²) in [5, 5.41) is 4.26. The Labute approximate surface area is 157 Å². The number of likely N-dealkylation sites (N-methyl/N-ethyl adjacent to an activating group) is 1. The largest absolute Gasteiger partial charge is 0.336 e. The summed E-state index contributed by atoms with van der Waals surface area (Å²) in [4.78, 5) is 25.7. The second-order valence-corrected chi connectivity index (χ2v) is 7.70. The highest BCUT2D eigenvalue weighted by atomic mass is 32.1. The molecule has 1 aromatic carbocycles. The predicted molar refractivity (Wildman–Crippen MR) is 104 cm³/mol. The Morgan fingerprint density at radius 2 is 2.12 bits per heavy atom. The first-order chi connectivity index (χ1) is 12.7. The average molecular weight is 366 g/mol. The van der Waals surface area contributed by atoms with Crippen molar-refractivity contribution in [1.29, 1.82) is 0 Å². The van der Waals surface area contributed by atoms with Crippen molar-refractivity contribution in [3.63, 3.8) is 0 Å². The summed E-state index contributed by atoms with van der Waals surface area (Å²) in [6.07, 6.45) is 4.80. The van der Waals surface area contributed by atoms with Crippen molar-refractivity contribution in [2.24, 2.45) is 5.92 Å². The fourth-order valence-electron chi connectivity index (χ4n) is 3.73. The Hall–Kier alpha value is -2.31. The monoisotopic (exact) mass is 366 g/mol. The van der Waals surface area contributed by atoms with Gasteiger partial charge < -0.3 is 9.80 Å². The Bertz CT molecular complexity index is 890. The molecule has 0 unspecified atom stereocenters. The third kappa shape index (κ3) is 3.61. The summed E-state index contributed by atoms with van der Waals surface area (Å²) in [6, 6.07) is 8.37. The Morgan fingerprint density at radius 3 is 2.96 bits per heavy atom. The van der Waals surface area contributed by atoms with Crippen LogP contribution >= 0.6 is 11.3 Å². The average Bonchev–Trinajstić information content (AvgIpc) is 3.13. The number of fused-ring (bicyclic) bond motifs is 1. The van der Waals surface area contributed by atoms with Gasteiger partial charge in [-0.2, -0.15) is 0 Å². The second kappa shape index (κ2) is 7.51. The van der Waals surface area contributed by atoms with Crippen molar-refractivity contribution in [2.45, 2.75) is 6.42 Å². The van der Waals surface area contributed by atoms with Crippen LogP contribution in [0.2, 0.25) is 0 Å². The van der Waals surface area contributed by atoms with E-state index in [0.717, 1.165) is 32.6 Å². The second-order valence-electron chi connectivity index (χ2n) is 6.98.